The first-order valence-electron chi connectivity index (χ1n) is 9.39. The van der Waals surface area contributed by atoms with Gasteiger partial charge >= 0.3 is 0 Å². The number of hydrogen-bond acceptors (Lipinski definition) is 5. The van der Waals surface area contributed by atoms with Crippen LogP contribution in [0.4, 0.5) is 5.95 Å². The zero-order valence-corrected chi connectivity index (χ0v) is 15.9. The Morgan fingerprint density at radius 3 is 2.59 bits per heavy atom. The summed E-state index contributed by atoms with van der Waals surface area (Å²) >= 11 is 0. The van der Waals surface area contributed by atoms with Gasteiger partial charge in [0.15, 0.2) is 11.5 Å². The first-order chi connectivity index (χ1) is 14.3. The monoisotopic (exact) mass is 381 g/mol. The van der Waals surface area contributed by atoms with Gasteiger partial charge in [-0.1, -0.05) is 54.6 Å². The quantitative estimate of drug-likeness (QED) is 0.483. The Hall–Kier alpha value is -3.93. The van der Waals surface area contributed by atoms with E-state index in [0.29, 0.717) is 18.3 Å². The minimum atomic E-state index is 0.595. The topological polar surface area (TPSA) is 64.3 Å². The normalized spacial score (nSPS) is 11.1. The predicted octanol–water partition coefficient (Wildman–Crippen LogP) is 4.57. The molecule has 5 aromatic rings. The number of nitrogens with zero attached hydrogens (tertiary/aromatic N) is 4. The van der Waals surface area contributed by atoms with E-state index in [2.05, 4.69) is 5.32 Å². The number of ether oxygens (including phenoxy) is 1. The molecule has 0 unspecified atom stereocenters. The number of fused-ring (bicyclic) bond motifs is 3. The Morgan fingerprint density at radius 1 is 0.897 bits per heavy atom. The van der Waals surface area contributed by atoms with Crippen LogP contribution in [0.15, 0.2) is 78.9 Å². The van der Waals surface area contributed by atoms with Crippen LogP contribution in [-0.4, -0.2) is 26.7 Å². The van der Waals surface area contributed by atoms with E-state index >= 15 is 0 Å². The minimum absolute atomic E-state index is 0.595. The second-order valence-electron chi connectivity index (χ2n) is 6.69. The maximum atomic E-state index is 5.32. The van der Waals surface area contributed by atoms with Crippen LogP contribution >= 0.6 is 0 Å². The molecule has 2 aromatic heterocycles. The smallest absolute Gasteiger partial charge is 0.226 e. The van der Waals surface area contributed by atoms with Crippen molar-refractivity contribution < 1.29 is 4.74 Å². The number of anilines is 1. The summed E-state index contributed by atoms with van der Waals surface area (Å²) < 4.78 is 7.10. The molecule has 0 saturated carbocycles. The number of benzene rings is 3. The lowest BCUT2D eigenvalue weighted by molar-refractivity contribution is 0.414. The highest BCUT2D eigenvalue weighted by molar-refractivity contribution is 5.92. The molecule has 0 atom stereocenters. The highest BCUT2D eigenvalue weighted by atomic mass is 16.5. The van der Waals surface area contributed by atoms with Crippen LogP contribution in [0.2, 0.25) is 0 Å². The molecular formula is C23H19N5O. The van der Waals surface area contributed by atoms with Gasteiger partial charge < -0.3 is 10.1 Å². The van der Waals surface area contributed by atoms with Gasteiger partial charge in [-0.3, -0.25) is 0 Å². The maximum Gasteiger partial charge on any atom is 0.226 e. The second-order valence-corrected chi connectivity index (χ2v) is 6.69. The molecule has 0 radical (unpaired) electrons. The summed E-state index contributed by atoms with van der Waals surface area (Å²) in [5.74, 6) is 2.15. The molecule has 142 valence electrons. The molecule has 0 amide bonds. The summed E-state index contributed by atoms with van der Waals surface area (Å²) in [5.41, 5.74) is 3.72. The van der Waals surface area contributed by atoms with Crippen LogP contribution in [0.3, 0.4) is 0 Å². The molecule has 2 heterocycles. The Balaban J connectivity index is 1.60. The molecule has 1 N–H and O–H groups in total. The molecule has 3 aromatic carbocycles. The van der Waals surface area contributed by atoms with E-state index in [9.17, 15) is 0 Å². The maximum absolute atomic E-state index is 5.32. The van der Waals surface area contributed by atoms with Crippen molar-refractivity contribution in [2.75, 3.05) is 12.4 Å². The van der Waals surface area contributed by atoms with Gasteiger partial charge in [-0.15, -0.1) is 5.10 Å². The molecule has 6 nitrogen and oxygen atoms in total. The zero-order valence-electron chi connectivity index (χ0n) is 15.9. The van der Waals surface area contributed by atoms with E-state index in [1.165, 1.54) is 0 Å². The van der Waals surface area contributed by atoms with E-state index in [1.54, 1.807) is 11.6 Å². The van der Waals surface area contributed by atoms with Gasteiger partial charge in [-0.2, -0.15) is 4.52 Å². The molecule has 29 heavy (non-hydrogen) atoms. The second kappa shape index (κ2) is 7.24. The first kappa shape index (κ1) is 17.2. The van der Waals surface area contributed by atoms with Gasteiger partial charge in [-0.05, 0) is 29.8 Å². The third-order valence-electron chi connectivity index (χ3n) is 4.80. The summed E-state index contributed by atoms with van der Waals surface area (Å²) in [6.07, 6.45) is 0. The number of nitrogens with one attached hydrogen (secondary N) is 1. The van der Waals surface area contributed by atoms with Crippen LogP contribution in [0, 0.1) is 0 Å². The lowest BCUT2D eigenvalue weighted by Crippen LogP contribution is -2.08. The minimum Gasteiger partial charge on any atom is -0.497 e. The standard InChI is InChI=1S/C23H19N5O/c1-29-18-11-7-8-16(14-18)15-24-23-25-20-13-6-5-12-19(20)22-26-21(27-28(22)23)17-9-3-2-4-10-17/h2-14H,15H2,1H3,(H,24,25). The largest absolute Gasteiger partial charge is 0.497 e. The van der Waals surface area contributed by atoms with Crippen molar-refractivity contribution in [1.29, 1.82) is 0 Å². The van der Waals surface area contributed by atoms with Gasteiger partial charge in [0.05, 0.1) is 12.6 Å². The van der Waals surface area contributed by atoms with Crippen molar-refractivity contribution in [2.45, 2.75) is 6.54 Å². The Morgan fingerprint density at radius 2 is 1.72 bits per heavy atom. The number of methoxy groups -OCH3 is 1. The van der Waals surface area contributed by atoms with Gasteiger partial charge in [-0.25, -0.2) is 9.97 Å². The highest BCUT2D eigenvalue weighted by Gasteiger charge is 2.14. The number of para-hydroxylation sites is 1. The fourth-order valence-corrected chi connectivity index (χ4v) is 3.34. The van der Waals surface area contributed by atoms with Crippen LogP contribution < -0.4 is 10.1 Å². The van der Waals surface area contributed by atoms with Crippen molar-refractivity contribution in [3.8, 4) is 17.1 Å². The summed E-state index contributed by atoms with van der Waals surface area (Å²) in [7, 11) is 1.67. The summed E-state index contributed by atoms with van der Waals surface area (Å²) in [5, 5.41) is 9.11. The Kier molecular flexibility index (Phi) is 4.29. The summed E-state index contributed by atoms with van der Waals surface area (Å²) in [6.45, 7) is 0.595. The fourth-order valence-electron chi connectivity index (χ4n) is 3.34. The van der Waals surface area contributed by atoms with Crippen LogP contribution in [0.1, 0.15) is 5.56 Å². The van der Waals surface area contributed by atoms with E-state index in [-0.39, 0.29) is 0 Å². The third kappa shape index (κ3) is 3.25. The van der Waals surface area contributed by atoms with Gasteiger partial charge in [0.1, 0.15) is 5.75 Å². The van der Waals surface area contributed by atoms with E-state index in [1.807, 2.05) is 78.9 Å². The molecule has 0 saturated heterocycles. The molecule has 0 aliphatic carbocycles. The Bertz CT molecular complexity index is 1300. The van der Waals surface area contributed by atoms with Crippen molar-refractivity contribution in [2.24, 2.45) is 0 Å². The molecule has 5 rings (SSSR count). The number of hydrogen-bond donors (Lipinski definition) is 1. The third-order valence-corrected chi connectivity index (χ3v) is 4.80. The van der Waals surface area contributed by atoms with E-state index < -0.39 is 0 Å². The predicted molar refractivity (Wildman–Crippen MR) is 114 cm³/mol. The van der Waals surface area contributed by atoms with Crippen molar-refractivity contribution in [1.82, 2.24) is 19.6 Å². The molecule has 0 spiro atoms. The highest BCUT2D eigenvalue weighted by Crippen LogP contribution is 2.24. The van der Waals surface area contributed by atoms with Crippen LogP contribution in [0.5, 0.6) is 5.75 Å². The summed E-state index contributed by atoms with van der Waals surface area (Å²) in [6, 6.07) is 25.9. The number of rotatable bonds is 5. The van der Waals surface area contributed by atoms with Crippen LogP contribution in [-0.2, 0) is 6.54 Å². The average molecular weight is 381 g/mol. The van der Waals surface area contributed by atoms with Gasteiger partial charge in [0.2, 0.25) is 5.95 Å². The molecule has 0 aliphatic rings. The SMILES string of the molecule is COc1cccc(CNc2nc3ccccc3c3nc(-c4ccccc4)nn23)c1. The fraction of sp³-hybridized carbons (Fsp3) is 0.0870. The van der Waals surface area contributed by atoms with E-state index in [0.717, 1.165) is 33.4 Å². The zero-order chi connectivity index (χ0) is 19.6. The molecule has 6 heteroatoms. The van der Waals surface area contributed by atoms with Crippen molar-refractivity contribution in [3.63, 3.8) is 0 Å². The van der Waals surface area contributed by atoms with Gasteiger partial charge in [0.25, 0.3) is 0 Å². The lowest BCUT2D eigenvalue weighted by atomic mass is 10.2. The molecule has 0 bridgehead atoms. The first-order valence-corrected chi connectivity index (χ1v) is 9.39. The van der Waals surface area contributed by atoms with Crippen molar-refractivity contribution >= 4 is 22.5 Å². The Labute approximate surface area is 167 Å². The molecular weight excluding hydrogens is 362 g/mol. The lowest BCUT2D eigenvalue weighted by Gasteiger charge is -2.10. The summed E-state index contributed by atoms with van der Waals surface area (Å²) in [4.78, 5) is 9.59. The molecule has 0 fully saturated rings. The molecule has 0 aliphatic heterocycles. The van der Waals surface area contributed by atoms with Gasteiger partial charge in [0, 0.05) is 17.5 Å². The average Bonchev–Trinajstić information content (AvgIpc) is 3.24. The van der Waals surface area contributed by atoms with Crippen molar-refractivity contribution in [3.05, 3.63) is 84.4 Å². The van der Waals surface area contributed by atoms with Crippen LogP contribution in [0.25, 0.3) is 27.9 Å². The number of aromatic nitrogens is 4. The van der Waals surface area contributed by atoms with E-state index in [4.69, 9.17) is 19.8 Å².